The molecule has 3 rings (SSSR count). The van der Waals surface area contributed by atoms with Crippen LogP contribution in [0.2, 0.25) is 0 Å². The second-order valence-electron chi connectivity index (χ2n) is 5.51. The number of nitrogens with one attached hydrogen (secondary N) is 1. The number of urea groups is 1. The topological polar surface area (TPSA) is 52.7 Å². The molecule has 94 valence electrons. The van der Waals surface area contributed by atoms with E-state index in [1.165, 1.54) is 0 Å². The summed E-state index contributed by atoms with van der Waals surface area (Å²) in [6, 6.07) is 0.735. The highest BCUT2D eigenvalue weighted by Gasteiger charge is 2.39. The summed E-state index contributed by atoms with van der Waals surface area (Å²) in [5.74, 6) is 0.708. The minimum atomic E-state index is -0.0665. The lowest BCUT2D eigenvalue weighted by molar-refractivity contribution is -0.135. The first-order valence-electron chi connectivity index (χ1n) is 6.50. The Morgan fingerprint density at radius 1 is 1.35 bits per heavy atom. The van der Waals surface area contributed by atoms with Crippen molar-refractivity contribution in [2.24, 2.45) is 5.92 Å². The molecule has 1 N–H and O–H groups in total. The first kappa shape index (κ1) is 10.9. The standard InChI is InChI=1S/C12H19N3O2/c1-8-6-10(8)13-12(17)14-4-5-15(9-2-3-9)11(16)7-14/h8-10H,2-7H2,1H3,(H,13,17)/t8-,10+/m0/s1. The van der Waals surface area contributed by atoms with Gasteiger partial charge in [-0.2, -0.15) is 0 Å². The zero-order valence-corrected chi connectivity index (χ0v) is 10.2. The molecular weight excluding hydrogens is 218 g/mol. The minimum absolute atomic E-state index is 0.0665. The molecule has 3 fully saturated rings. The summed E-state index contributed by atoms with van der Waals surface area (Å²) in [5, 5.41) is 2.97. The molecule has 0 spiro atoms. The van der Waals surface area contributed by atoms with Crippen LogP contribution in [0.4, 0.5) is 4.79 Å². The summed E-state index contributed by atoms with van der Waals surface area (Å²) in [7, 11) is 0. The van der Waals surface area contributed by atoms with Crippen molar-refractivity contribution in [3.8, 4) is 0 Å². The quantitative estimate of drug-likeness (QED) is 0.756. The Kier molecular flexibility index (Phi) is 2.49. The van der Waals surface area contributed by atoms with Gasteiger partial charge in [0.15, 0.2) is 0 Å². The van der Waals surface area contributed by atoms with Gasteiger partial charge in [-0.05, 0) is 25.2 Å². The predicted molar refractivity (Wildman–Crippen MR) is 62.4 cm³/mol. The summed E-state index contributed by atoms with van der Waals surface area (Å²) in [5.41, 5.74) is 0. The van der Waals surface area contributed by atoms with E-state index >= 15 is 0 Å². The molecule has 2 saturated carbocycles. The van der Waals surface area contributed by atoms with Gasteiger partial charge in [-0.3, -0.25) is 4.79 Å². The molecule has 0 radical (unpaired) electrons. The fourth-order valence-corrected chi connectivity index (χ4v) is 2.41. The zero-order chi connectivity index (χ0) is 12.0. The monoisotopic (exact) mass is 237 g/mol. The molecule has 5 heteroatoms. The molecule has 2 aliphatic carbocycles. The van der Waals surface area contributed by atoms with Gasteiger partial charge in [0.2, 0.25) is 5.91 Å². The lowest BCUT2D eigenvalue weighted by atomic mass is 10.3. The van der Waals surface area contributed by atoms with Crippen LogP contribution < -0.4 is 5.32 Å². The van der Waals surface area contributed by atoms with Crippen molar-refractivity contribution in [2.45, 2.75) is 38.3 Å². The van der Waals surface area contributed by atoms with Crippen molar-refractivity contribution >= 4 is 11.9 Å². The summed E-state index contributed by atoms with van der Waals surface area (Å²) in [6.45, 7) is 3.76. The molecule has 0 aromatic rings. The third kappa shape index (κ3) is 2.23. The highest BCUT2D eigenvalue weighted by atomic mass is 16.2. The van der Waals surface area contributed by atoms with Crippen LogP contribution in [0.1, 0.15) is 26.2 Å². The molecule has 0 bridgehead atoms. The summed E-state index contributed by atoms with van der Waals surface area (Å²) >= 11 is 0. The normalized spacial score (nSPS) is 32.6. The molecular formula is C12H19N3O2. The Bertz CT molecular complexity index is 354. The van der Waals surface area contributed by atoms with Crippen LogP contribution in [0.15, 0.2) is 0 Å². The van der Waals surface area contributed by atoms with Gasteiger partial charge < -0.3 is 15.1 Å². The number of carbonyl (C=O) groups excluding carboxylic acids is 2. The van der Waals surface area contributed by atoms with E-state index in [0.29, 0.717) is 31.1 Å². The molecule has 3 aliphatic rings. The van der Waals surface area contributed by atoms with Crippen LogP contribution in [0.25, 0.3) is 0 Å². The third-order valence-corrected chi connectivity index (χ3v) is 3.95. The maximum atomic E-state index is 11.9. The van der Waals surface area contributed by atoms with Crippen molar-refractivity contribution in [3.05, 3.63) is 0 Å². The van der Waals surface area contributed by atoms with Crippen molar-refractivity contribution in [2.75, 3.05) is 19.6 Å². The number of piperazine rings is 1. The Labute approximate surface area is 101 Å². The second kappa shape index (κ2) is 3.89. The molecule has 17 heavy (non-hydrogen) atoms. The van der Waals surface area contributed by atoms with Crippen LogP contribution in [0.3, 0.4) is 0 Å². The van der Waals surface area contributed by atoms with E-state index in [-0.39, 0.29) is 18.5 Å². The van der Waals surface area contributed by atoms with Gasteiger partial charge in [0, 0.05) is 25.2 Å². The van der Waals surface area contributed by atoms with Crippen molar-refractivity contribution < 1.29 is 9.59 Å². The molecule has 5 nitrogen and oxygen atoms in total. The fourth-order valence-electron chi connectivity index (χ4n) is 2.41. The maximum absolute atomic E-state index is 11.9. The smallest absolute Gasteiger partial charge is 0.318 e. The fraction of sp³-hybridized carbons (Fsp3) is 0.833. The van der Waals surface area contributed by atoms with Crippen molar-refractivity contribution in [1.29, 1.82) is 0 Å². The van der Waals surface area contributed by atoms with Crippen LogP contribution in [-0.4, -0.2) is 53.5 Å². The zero-order valence-electron chi connectivity index (χ0n) is 10.2. The van der Waals surface area contributed by atoms with E-state index in [4.69, 9.17) is 0 Å². The van der Waals surface area contributed by atoms with Crippen LogP contribution >= 0.6 is 0 Å². The van der Waals surface area contributed by atoms with Gasteiger partial charge in [-0.15, -0.1) is 0 Å². The Morgan fingerprint density at radius 3 is 2.59 bits per heavy atom. The minimum Gasteiger partial charge on any atom is -0.336 e. The van der Waals surface area contributed by atoms with E-state index < -0.39 is 0 Å². The van der Waals surface area contributed by atoms with Gasteiger partial charge in [-0.1, -0.05) is 6.92 Å². The highest BCUT2D eigenvalue weighted by Crippen LogP contribution is 2.30. The molecule has 1 aliphatic heterocycles. The summed E-state index contributed by atoms with van der Waals surface area (Å²) < 4.78 is 0. The number of amides is 3. The van der Waals surface area contributed by atoms with Crippen molar-refractivity contribution in [3.63, 3.8) is 0 Å². The van der Waals surface area contributed by atoms with Gasteiger partial charge >= 0.3 is 6.03 Å². The van der Waals surface area contributed by atoms with E-state index in [1.807, 2.05) is 4.90 Å². The lowest BCUT2D eigenvalue weighted by Crippen LogP contribution is -2.55. The van der Waals surface area contributed by atoms with Crippen LogP contribution in [-0.2, 0) is 4.79 Å². The van der Waals surface area contributed by atoms with Crippen LogP contribution in [0, 0.1) is 5.92 Å². The van der Waals surface area contributed by atoms with Crippen LogP contribution in [0.5, 0.6) is 0 Å². The molecule has 1 saturated heterocycles. The van der Waals surface area contributed by atoms with E-state index in [1.54, 1.807) is 4.90 Å². The van der Waals surface area contributed by atoms with E-state index in [9.17, 15) is 9.59 Å². The molecule has 0 unspecified atom stereocenters. The number of carbonyl (C=O) groups is 2. The van der Waals surface area contributed by atoms with Gasteiger partial charge in [0.25, 0.3) is 0 Å². The number of hydrogen-bond acceptors (Lipinski definition) is 2. The average molecular weight is 237 g/mol. The lowest BCUT2D eigenvalue weighted by Gasteiger charge is -2.34. The predicted octanol–water partition coefficient (Wildman–Crippen LogP) is 0.411. The molecule has 0 aromatic carbocycles. The van der Waals surface area contributed by atoms with Gasteiger partial charge in [0.1, 0.15) is 6.54 Å². The van der Waals surface area contributed by atoms with E-state index in [2.05, 4.69) is 12.2 Å². The third-order valence-electron chi connectivity index (χ3n) is 3.95. The number of hydrogen-bond donors (Lipinski definition) is 1. The number of nitrogens with zero attached hydrogens (tertiary/aromatic N) is 2. The molecule has 2 atom stereocenters. The average Bonchev–Trinajstić information content (AvgIpc) is 3.17. The SMILES string of the molecule is C[C@H]1C[C@H]1NC(=O)N1CCN(C2CC2)C(=O)C1. The van der Waals surface area contributed by atoms with E-state index in [0.717, 1.165) is 19.3 Å². The molecule has 0 aromatic heterocycles. The Morgan fingerprint density at radius 2 is 2.06 bits per heavy atom. The maximum Gasteiger partial charge on any atom is 0.318 e. The van der Waals surface area contributed by atoms with Gasteiger partial charge in [-0.25, -0.2) is 4.79 Å². The summed E-state index contributed by atoms with van der Waals surface area (Å²) in [4.78, 5) is 27.3. The number of rotatable bonds is 2. The second-order valence-corrected chi connectivity index (χ2v) is 5.51. The Hall–Kier alpha value is -1.26. The first-order valence-corrected chi connectivity index (χ1v) is 6.50. The molecule has 3 amide bonds. The summed E-state index contributed by atoms with van der Waals surface area (Å²) in [6.07, 6.45) is 3.34. The molecule has 1 heterocycles. The first-order chi connectivity index (χ1) is 8.15. The van der Waals surface area contributed by atoms with Gasteiger partial charge in [0.05, 0.1) is 0 Å². The van der Waals surface area contributed by atoms with Crippen molar-refractivity contribution in [1.82, 2.24) is 15.1 Å². The highest BCUT2D eigenvalue weighted by molar-refractivity contribution is 5.85. The largest absolute Gasteiger partial charge is 0.336 e. The Balaban J connectivity index is 1.51.